The molecule has 4 saturated carbocycles. The second kappa shape index (κ2) is 10.8. The maximum absolute atomic E-state index is 12.0. The van der Waals surface area contributed by atoms with Crippen LogP contribution in [0.2, 0.25) is 0 Å². The van der Waals surface area contributed by atoms with Gasteiger partial charge in [0, 0.05) is 12.8 Å². The minimum absolute atomic E-state index is 0.172. The maximum Gasteiger partial charge on any atom is 0.121 e. The van der Waals surface area contributed by atoms with Gasteiger partial charge < -0.3 is 10.2 Å². The topological polar surface area (TPSA) is 66.2 Å². The summed E-state index contributed by atoms with van der Waals surface area (Å²) in [5.74, 6) is 3.89. The van der Waals surface area contributed by atoms with E-state index in [0.717, 1.165) is 49.5 Å². The lowest BCUT2D eigenvalue weighted by atomic mass is 9.41. The largest absolute Gasteiger partial charge is 0.393 e. The third-order valence-corrected chi connectivity index (χ3v) is 13.7. The Morgan fingerprint density at radius 3 is 2.41 bits per heavy atom. The number of aliphatic hydroxyl groups excluding tert-OH is 2. The summed E-state index contributed by atoms with van der Waals surface area (Å²) in [6.45, 7) is 9.90. The van der Waals surface area contributed by atoms with Gasteiger partial charge in [-0.2, -0.15) is 0 Å². The fraction of sp³-hybridized carbons (Fsp3) is 0.765. The number of fused-ring (bicyclic) bond motifs is 5. The molecule has 4 aliphatic rings. The van der Waals surface area contributed by atoms with Crippen LogP contribution in [0.5, 0.6) is 0 Å². The van der Waals surface area contributed by atoms with Crippen molar-refractivity contribution in [1.29, 1.82) is 0 Å². The summed E-state index contributed by atoms with van der Waals surface area (Å²) in [7, 11) is 0. The molecule has 0 amide bonds. The first-order valence-electron chi connectivity index (χ1n) is 16.0. The number of hydrogen-bond donors (Lipinski definition) is 2. The fourth-order valence-electron chi connectivity index (χ4n) is 10.7. The molecule has 1 aromatic heterocycles. The van der Waals surface area contributed by atoms with Crippen LogP contribution in [0.25, 0.3) is 0 Å². The lowest BCUT2D eigenvalue weighted by molar-refractivity contribution is -0.203. The van der Waals surface area contributed by atoms with Crippen LogP contribution < -0.4 is 0 Å². The lowest BCUT2D eigenvalue weighted by Gasteiger charge is -2.64. The molecule has 214 valence electrons. The van der Waals surface area contributed by atoms with Crippen molar-refractivity contribution in [3.8, 4) is 0 Å². The number of nitrogens with zero attached hydrogens (tertiary/aromatic N) is 2. The molecule has 39 heavy (non-hydrogen) atoms. The Balaban J connectivity index is 1.14. The fourth-order valence-corrected chi connectivity index (χ4v) is 11.6. The molecule has 0 radical (unpaired) electrons. The standard InChI is InChI=1S/C34H50N2O2S/c1-5-24-28-20-23(37)15-17-34(28,4)27-16-18-33(3)25(12-13-26(33)31(27)32(24)38)21(2)11-14-29-35-36-30(39-29)19-22-9-7-6-8-10-22/h6-10,21,23-28,31-32,37-38H,5,11-20H2,1-4H3/t21-,23-,24-,25-,26+,27+,28?,31+,32-,33-,34-/m1/s1. The normalized spacial score (nSPS) is 42.4. The quantitative estimate of drug-likeness (QED) is 0.379. The van der Waals surface area contributed by atoms with Gasteiger partial charge in [-0.3, -0.25) is 0 Å². The van der Waals surface area contributed by atoms with Gasteiger partial charge in [-0.15, -0.1) is 21.5 Å². The number of aromatic nitrogens is 2. The summed E-state index contributed by atoms with van der Waals surface area (Å²) in [6, 6.07) is 10.6. The van der Waals surface area contributed by atoms with Crippen molar-refractivity contribution in [3.05, 3.63) is 45.9 Å². The molecule has 1 heterocycles. The highest BCUT2D eigenvalue weighted by molar-refractivity contribution is 7.11. The molecule has 2 aromatic rings. The average molecular weight is 551 g/mol. The first-order valence-corrected chi connectivity index (χ1v) is 16.8. The monoisotopic (exact) mass is 550 g/mol. The van der Waals surface area contributed by atoms with E-state index in [0.29, 0.717) is 40.9 Å². The van der Waals surface area contributed by atoms with Crippen molar-refractivity contribution in [2.75, 3.05) is 0 Å². The number of hydrogen-bond acceptors (Lipinski definition) is 5. The molecule has 0 bridgehead atoms. The van der Waals surface area contributed by atoms with Crippen LogP contribution in [0, 0.1) is 52.3 Å². The Morgan fingerprint density at radius 1 is 0.923 bits per heavy atom. The molecule has 1 unspecified atom stereocenters. The van der Waals surface area contributed by atoms with Crippen molar-refractivity contribution in [3.63, 3.8) is 0 Å². The molecule has 4 fully saturated rings. The summed E-state index contributed by atoms with van der Waals surface area (Å²) >= 11 is 1.79. The van der Waals surface area contributed by atoms with E-state index >= 15 is 0 Å². The molecular weight excluding hydrogens is 500 g/mol. The van der Waals surface area contributed by atoms with Gasteiger partial charge in [0.2, 0.25) is 0 Å². The summed E-state index contributed by atoms with van der Waals surface area (Å²) in [6.07, 6.45) is 11.9. The first-order chi connectivity index (χ1) is 18.7. The molecule has 0 saturated heterocycles. The minimum atomic E-state index is -0.202. The molecule has 0 spiro atoms. The molecule has 1 aromatic carbocycles. The van der Waals surface area contributed by atoms with Gasteiger partial charge in [0.05, 0.1) is 12.2 Å². The van der Waals surface area contributed by atoms with E-state index in [1.807, 2.05) is 0 Å². The highest BCUT2D eigenvalue weighted by atomic mass is 32.1. The predicted molar refractivity (Wildman–Crippen MR) is 158 cm³/mol. The molecule has 5 heteroatoms. The Bertz CT molecular complexity index is 1120. The van der Waals surface area contributed by atoms with Crippen LogP contribution in [-0.2, 0) is 12.8 Å². The molecule has 0 aliphatic heterocycles. The van der Waals surface area contributed by atoms with Gasteiger partial charge in [-0.1, -0.05) is 64.4 Å². The zero-order valence-corrected chi connectivity index (χ0v) is 25.4. The van der Waals surface area contributed by atoms with Crippen LogP contribution in [0.1, 0.15) is 101 Å². The average Bonchev–Trinajstić information content (AvgIpc) is 3.52. The molecular formula is C34H50N2O2S. The predicted octanol–water partition coefficient (Wildman–Crippen LogP) is 7.32. The van der Waals surface area contributed by atoms with Gasteiger partial charge in [0.25, 0.3) is 0 Å². The van der Waals surface area contributed by atoms with Crippen LogP contribution in [0.3, 0.4) is 0 Å². The van der Waals surface area contributed by atoms with Gasteiger partial charge in [0.15, 0.2) is 0 Å². The van der Waals surface area contributed by atoms with E-state index in [-0.39, 0.29) is 17.6 Å². The zero-order valence-electron chi connectivity index (χ0n) is 24.6. The minimum Gasteiger partial charge on any atom is -0.393 e. The second-order valence-corrected chi connectivity index (χ2v) is 15.5. The van der Waals surface area contributed by atoms with E-state index < -0.39 is 0 Å². The summed E-state index contributed by atoms with van der Waals surface area (Å²) < 4.78 is 0. The number of aryl methyl sites for hydroxylation is 1. The van der Waals surface area contributed by atoms with Crippen molar-refractivity contribution < 1.29 is 10.2 Å². The summed E-state index contributed by atoms with van der Waals surface area (Å²) in [5.41, 5.74) is 1.91. The Hall–Kier alpha value is -1.30. The SMILES string of the molecule is CC[C@@H]1C2C[C@H](O)CC[C@]2(C)[C@H]2CC[C@]3(C)[C@@H]([C@H](C)CCc4nnc(Cc5ccccc5)s4)CC[C@H]3[C@@H]2[C@@H]1O. The number of rotatable bonds is 7. The van der Waals surface area contributed by atoms with Crippen molar-refractivity contribution >= 4 is 11.3 Å². The third kappa shape index (κ3) is 4.83. The van der Waals surface area contributed by atoms with E-state index in [2.05, 4.69) is 68.2 Å². The highest BCUT2D eigenvalue weighted by Gasteiger charge is 2.64. The van der Waals surface area contributed by atoms with Gasteiger partial charge in [-0.05, 0) is 109 Å². The van der Waals surface area contributed by atoms with Gasteiger partial charge in [-0.25, -0.2) is 0 Å². The summed E-state index contributed by atoms with van der Waals surface area (Å²) in [4.78, 5) is 0. The molecule has 2 N–H and O–H groups in total. The van der Waals surface area contributed by atoms with E-state index in [1.165, 1.54) is 42.7 Å². The first kappa shape index (κ1) is 27.8. The van der Waals surface area contributed by atoms with E-state index in [9.17, 15) is 10.2 Å². The Kier molecular flexibility index (Phi) is 7.74. The van der Waals surface area contributed by atoms with Crippen LogP contribution in [-0.4, -0.2) is 32.6 Å². The zero-order chi connectivity index (χ0) is 27.4. The van der Waals surface area contributed by atoms with Gasteiger partial charge in [0.1, 0.15) is 10.0 Å². The molecule has 4 nitrogen and oxygen atoms in total. The molecule has 4 aliphatic carbocycles. The Morgan fingerprint density at radius 2 is 1.64 bits per heavy atom. The number of aliphatic hydroxyl groups is 2. The molecule has 11 atom stereocenters. The maximum atomic E-state index is 12.0. The summed E-state index contributed by atoms with van der Waals surface area (Å²) in [5, 5.41) is 33.9. The second-order valence-electron chi connectivity index (χ2n) is 14.4. The van der Waals surface area contributed by atoms with Crippen LogP contribution >= 0.6 is 11.3 Å². The van der Waals surface area contributed by atoms with Crippen molar-refractivity contribution in [2.24, 2.45) is 52.3 Å². The van der Waals surface area contributed by atoms with Crippen molar-refractivity contribution in [1.82, 2.24) is 10.2 Å². The Labute approximate surface area is 240 Å². The molecule has 6 rings (SSSR count). The smallest absolute Gasteiger partial charge is 0.121 e. The van der Waals surface area contributed by atoms with E-state index in [4.69, 9.17) is 0 Å². The number of benzene rings is 1. The van der Waals surface area contributed by atoms with Crippen LogP contribution in [0.15, 0.2) is 30.3 Å². The van der Waals surface area contributed by atoms with E-state index in [1.54, 1.807) is 11.3 Å². The highest BCUT2D eigenvalue weighted by Crippen LogP contribution is 2.69. The third-order valence-electron chi connectivity index (χ3n) is 12.7. The van der Waals surface area contributed by atoms with Crippen molar-refractivity contribution in [2.45, 2.75) is 111 Å². The van der Waals surface area contributed by atoms with Crippen LogP contribution in [0.4, 0.5) is 0 Å². The lowest BCUT2D eigenvalue weighted by Crippen LogP contribution is -2.62. The van der Waals surface area contributed by atoms with Gasteiger partial charge >= 0.3 is 0 Å².